The first kappa shape index (κ1) is 36.4. The molecule has 4 amide bonds. The van der Waals surface area contributed by atoms with Crippen molar-refractivity contribution >= 4 is 58.4 Å². The fourth-order valence-corrected chi connectivity index (χ4v) is 7.91. The van der Waals surface area contributed by atoms with E-state index < -0.39 is 17.7 Å². The van der Waals surface area contributed by atoms with Crippen LogP contribution >= 0.6 is 11.8 Å². The highest BCUT2D eigenvalue weighted by Crippen LogP contribution is 2.35. The van der Waals surface area contributed by atoms with Crippen LogP contribution in [0.4, 0.5) is 16.6 Å². The summed E-state index contributed by atoms with van der Waals surface area (Å²) in [6.45, 7) is 6.19. The zero-order valence-electron chi connectivity index (χ0n) is 30.3. The van der Waals surface area contributed by atoms with E-state index in [9.17, 15) is 19.2 Å². The molecule has 1 saturated carbocycles. The molecule has 5 heterocycles. The number of aromatic nitrogens is 4. The van der Waals surface area contributed by atoms with Crippen molar-refractivity contribution in [2.75, 3.05) is 44.5 Å². The van der Waals surface area contributed by atoms with Crippen molar-refractivity contribution < 1.29 is 23.9 Å². The lowest BCUT2D eigenvalue weighted by Crippen LogP contribution is -2.61. The molecule has 2 aliphatic heterocycles. The molecule has 2 N–H and O–H groups in total. The molecule has 3 aromatic rings. The number of nitrogens with one attached hydrogen (secondary N) is 2. The summed E-state index contributed by atoms with van der Waals surface area (Å²) in [5.41, 5.74) is 1.09. The minimum atomic E-state index is -0.693. The molecule has 1 aliphatic carbocycles. The zero-order valence-corrected chi connectivity index (χ0v) is 31.2. The van der Waals surface area contributed by atoms with Gasteiger partial charge in [-0.05, 0) is 83.1 Å². The van der Waals surface area contributed by atoms with Gasteiger partial charge in [-0.2, -0.15) is 16.7 Å². The van der Waals surface area contributed by atoms with Gasteiger partial charge < -0.3 is 34.6 Å². The summed E-state index contributed by atoms with van der Waals surface area (Å²) in [5, 5.41) is 6.77. The number of hydrogen-bond donors (Lipinski definition) is 2. The van der Waals surface area contributed by atoms with E-state index in [2.05, 4.69) is 25.2 Å². The molecular formula is C36H49N9O5S. The molecule has 51 heavy (non-hydrogen) atoms. The van der Waals surface area contributed by atoms with Gasteiger partial charge in [0.2, 0.25) is 11.9 Å². The van der Waals surface area contributed by atoms with Gasteiger partial charge in [-0.3, -0.25) is 14.4 Å². The highest BCUT2D eigenvalue weighted by atomic mass is 32.2. The Morgan fingerprint density at radius 1 is 1.00 bits per heavy atom. The number of amides is 4. The average Bonchev–Trinajstić information content (AvgIpc) is 3.81. The van der Waals surface area contributed by atoms with Crippen molar-refractivity contribution in [3.8, 4) is 0 Å². The maximum Gasteiger partial charge on any atom is 0.408 e. The standard InChI is InChI=1S/C36H49N9O5S/c1-36(2,3)50-35(49)39-27(15-16-51-6)32(47)44-25-12-13-26(44)21-43(20-25)31(46)22-11-14-29(37-18-22)40-34-38-19-23-17-28(33(48)42(4)5)45(30(23)41-34)24-9-7-8-10-24/h11,14,17-19,24-27H,7-10,12-13,15-16,20-21H2,1-6H3,(H,39,49)(H,37,38,40,41)/t25?,26?,27-/m1/s1. The summed E-state index contributed by atoms with van der Waals surface area (Å²) in [4.78, 5) is 72.2. The number of fused-ring (bicyclic) bond motifs is 3. The van der Waals surface area contributed by atoms with E-state index in [0.29, 0.717) is 53.9 Å². The highest BCUT2D eigenvalue weighted by molar-refractivity contribution is 7.98. The molecule has 274 valence electrons. The van der Waals surface area contributed by atoms with Crippen LogP contribution in [0.5, 0.6) is 0 Å². The van der Waals surface area contributed by atoms with Crippen LogP contribution in [0, 0.1) is 0 Å². The van der Waals surface area contributed by atoms with Crippen molar-refractivity contribution in [3.05, 3.63) is 41.9 Å². The molecule has 6 rings (SSSR count). The maximum atomic E-state index is 13.8. The first-order chi connectivity index (χ1) is 24.3. The molecule has 0 aromatic carbocycles. The molecule has 3 aromatic heterocycles. The third kappa shape index (κ3) is 8.08. The number of piperazine rings is 1. The van der Waals surface area contributed by atoms with Crippen molar-refractivity contribution in [1.82, 2.24) is 39.5 Å². The number of likely N-dealkylation sites (tertiary alicyclic amines) is 1. The van der Waals surface area contributed by atoms with Gasteiger partial charge in [-0.1, -0.05) is 12.8 Å². The molecule has 2 unspecified atom stereocenters. The Hall–Kier alpha value is -4.40. The fourth-order valence-electron chi connectivity index (χ4n) is 7.44. The first-order valence-electron chi connectivity index (χ1n) is 17.8. The number of carbonyl (C=O) groups is 4. The summed E-state index contributed by atoms with van der Waals surface area (Å²) >= 11 is 1.62. The van der Waals surface area contributed by atoms with Crippen LogP contribution in [0.25, 0.3) is 11.0 Å². The van der Waals surface area contributed by atoms with Gasteiger partial charge in [-0.15, -0.1) is 0 Å². The number of hydrogen-bond acceptors (Lipinski definition) is 10. The van der Waals surface area contributed by atoms with Gasteiger partial charge >= 0.3 is 6.09 Å². The number of thioether (sulfide) groups is 1. The Bertz CT molecular complexity index is 1750. The number of anilines is 2. The molecule has 3 fully saturated rings. The molecule has 15 heteroatoms. The van der Waals surface area contributed by atoms with Crippen molar-refractivity contribution in [2.24, 2.45) is 0 Å². The number of alkyl carbamates (subject to hydrolysis) is 1. The van der Waals surface area contributed by atoms with Crippen molar-refractivity contribution in [2.45, 2.75) is 95.5 Å². The van der Waals surface area contributed by atoms with Gasteiger partial charge in [0.25, 0.3) is 11.8 Å². The van der Waals surface area contributed by atoms with Crippen LogP contribution in [-0.4, -0.2) is 121 Å². The Kier molecular flexibility index (Phi) is 10.7. The van der Waals surface area contributed by atoms with Gasteiger partial charge in [0, 0.05) is 63.1 Å². The third-order valence-corrected chi connectivity index (χ3v) is 10.4. The van der Waals surface area contributed by atoms with E-state index in [1.165, 1.54) is 0 Å². The molecule has 0 radical (unpaired) electrons. The van der Waals surface area contributed by atoms with E-state index in [0.717, 1.165) is 43.9 Å². The molecule has 2 saturated heterocycles. The van der Waals surface area contributed by atoms with Gasteiger partial charge in [-0.25, -0.2) is 14.8 Å². The number of ether oxygens (including phenoxy) is 1. The topological polar surface area (TPSA) is 155 Å². The summed E-state index contributed by atoms with van der Waals surface area (Å²) in [5.74, 6) is 1.22. The zero-order chi connectivity index (χ0) is 36.4. The normalized spacial score (nSPS) is 19.6. The van der Waals surface area contributed by atoms with Crippen LogP contribution in [0.3, 0.4) is 0 Å². The van der Waals surface area contributed by atoms with Crippen molar-refractivity contribution in [1.29, 1.82) is 0 Å². The van der Waals surface area contributed by atoms with E-state index in [1.54, 1.807) is 81.0 Å². The second-order valence-corrected chi connectivity index (χ2v) is 15.9. The maximum absolute atomic E-state index is 13.8. The number of carbonyl (C=O) groups excluding carboxylic acids is 4. The van der Waals surface area contributed by atoms with E-state index >= 15 is 0 Å². The lowest BCUT2D eigenvalue weighted by atomic mass is 10.1. The SMILES string of the molecule is CSCC[C@@H](NC(=O)OC(C)(C)C)C(=O)N1C2CCC1CN(C(=O)c1ccc(Nc3ncc4cc(C(=O)N(C)C)n(C5CCCC5)c4n3)nc1)C2. The Labute approximate surface area is 303 Å². The quantitative estimate of drug-likeness (QED) is 0.297. The smallest absolute Gasteiger partial charge is 0.408 e. The summed E-state index contributed by atoms with van der Waals surface area (Å²) in [7, 11) is 3.50. The largest absolute Gasteiger partial charge is 0.444 e. The second kappa shape index (κ2) is 15.1. The molecule has 3 atom stereocenters. The summed E-state index contributed by atoms with van der Waals surface area (Å²) in [6.07, 6.45) is 10.9. The van der Waals surface area contributed by atoms with Crippen LogP contribution in [0.15, 0.2) is 30.6 Å². The highest BCUT2D eigenvalue weighted by Gasteiger charge is 2.46. The molecular weight excluding hydrogens is 671 g/mol. The minimum absolute atomic E-state index is 0.0668. The Morgan fingerprint density at radius 3 is 2.31 bits per heavy atom. The third-order valence-electron chi connectivity index (χ3n) is 9.76. The average molecular weight is 720 g/mol. The van der Waals surface area contributed by atoms with E-state index in [-0.39, 0.29) is 35.8 Å². The van der Waals surface area contributed by atoms with Crippen LogP contribution < -0.4 is 10.6 Å². The Balaban J connectivity index is 1.12. The molecule has 14 nitrogen and oxygen atoms in total. The van der Waals surface area contributed by atoms with Crippen molar-refractivity contribution in [3.63, 3.8) is 0 Å². The molecule has 0 spiro atoms. The van der Waals surface area contributed by atoms with E-state index in [1.807, 2.05) is 17.2 Å². The number of nitrogens with zero attached hydrogens (tertiary/aromatic N) is 7. The number of rotatable bonds is 10. The second-order valence-electron chi connectivity index (χ2n) is 14.9. The van der Waals surface area contributed by atoms with Crippen LogP contribution in [-0.2, 0) is 9.53 Å². The summed E-state index contributed by atoms with van der Waals surface area (Å²) < 4.78 is 7.50. The number of pyridine rings is 1. The van der Waals surface area contributed by atoms with E-state index in [4.69, 9.17) is 9.72 Å². The fraction of sp³-hybridized carbons (Fsp3) is 0.583. The Morgan fingerprint density at radius 2 is 1.71 bits per heavy atom. The lowest BCUT2D eigenvalue weighted by Gasteiger charge is -2.42. The lowest BCUT2D eigenvalue weighted by molar-refractivity contribution is -0.138. The van der Waals surface area contributed by atoms with Crippen LogP contribution in [0.2, 0.25) is 0 Å². The van der Waals surface area contributed by atoms with Crippen LogP contribution in [0.1, 0.15) is 92.6 Å². The monoisotopic (exact) mass is 719 g/mol. The summed E-state index contributed by atoms with van der Waals surface area (Å²) in [6, 6.07) is 4.58. The van der Waals surface area contributed by atoms with Gasteiger partial charge in [0.15, 0.2) is 0 Å². The van der Waals surface area contributed by atoms with Gasteiger partial charge in [0.1, 0.15) is 28.8 Å². The minimum Gasteiger partial charge on any atom is -0.444 e. The van der Waals surface area contributed by atoms with Gasteiger partial charge in [0.05, 0.1) is 5.56 Å². The first-order valence-corrected chi connectivity index (χ1v) is 19.1. The molecule has 2 bridgehead atoms. The predicted octanol–water partition coefficient (Wildman–Crippen LogP) is 4.85. The predicted molar refractivity (Wildman–Crippen MR) is 196 cm³/mol. The molecule has 3 aliphatic rings.